The van der Waals surface area contributed by atoms with Crippen molar-refractivity contribution in [3.8, 4) is 0 Å². The van der Waals surface area contributed by atoms with Crippen LogP contribution in [0.25, 0.3) is 0 Å². The van der Waals surface area contributed by atoms with E-state index in [2.05, 4.69) is 23.6 Å². The van der Waals surface area contributed by atoms with Gasteiger partial charge in [0.05, 0.1) is 17.0 Å². The molecule has 0 fully saturated rings. The maximum Gasteiger partial charge on any atom is 0.171 e. The molecule has 2 aromatic rings. The summed E-state index contributed by atoms with van der Waals surface area (Å²) in [6.07, 6.45) is 3.52. The Labute approximate surface area is 142 Å². The van der Waals surface area contributed by atoms with Crippen LogP contribution in [0.4, 0.5) is 5.69 Å². The number of nitrogens with one attached hydrogen (secondary N) is 2. The Balaban J connectivity index is 1.87. The van der Waals surface area contributed by atoms with Gasteiger partial charge in [0.2, 0.25) is 0 Å². The standard InChI is InChI=1S/C17H21ClN2OS/c1-11-9-12(2)16(15(18)10-11)20-17(22)19-13(3)6-7-14-5-4-8-21-14/h4-5,8-10,13H,6-7H2,1-3H3,(H2,19,20,22)/t13-/m1/s1. The molecule has 1 aromatic carbocycles. The molecule has 1 atom stereocenters. The van der Waals surface area contributed by atoms with Gasteiger partial charge in [0.25, 0.3) is 0 Å². The summed E-state index contributed by atoms with van der Waals surface area (Å²) < 4.78 is 5.33. The van der Waals surface area contributed by atoms with Crippen molar-refractivity contribution in [2.75, 3.05) is 5.32 Å². The highest BCUT2D eigenvalue weighted by Gasteiger charge is 2.10. The number of halogens is 1. The number of aryl methyl sites for hydroxylation is 3. The molecule has 0 saturated heterocycles. The van der Waals surface area contributed by atoms with E-state index in [4.69, 9.17) is 28.2 Å². The van der Waals surface area contributed by atoms with Gasteiger partial charge in [-0.1, -0.05) is 17.7 Å². The fourth-order valence-electron chi connectivity index (χ4n) is 2.33. The van der Waals surface area contributed by atoms with Gasteiger partial charge in [0, 0.05) is 12.5 Å². The molecule has 22 heavy (non-hydrogen) atoms. The van der Waals surface area contributed by atoms with Crippen molar-refractivity contribution in [1.29, 1.82) is 0 Å². The first-order chi connectivity index (χ1) is 10.5. The molecule has 0 radical (unpaired) electrons. The lowest BCUT2D eigenvalue weighted by Gasteiger charge is -2.18. The molecule has 0 bridgehead atoms. The number of thiocarbonyl (C=S) groups is 1. The third kappa shape index (κ3) is 4.75. The fourth-order valence-corrected chi connectivity index (χ4v) is 3.00. The molecular weight excluding hydrogens is 316 g/mol. The zero-order valence-corrected chi connectivity index (χ0v) is 14.6. The number of hydrogen-bond acceptors (Lipinski definition) is 2. The molecule has 0 amide bonds. The van der Waals surface area contributed by atoms with Crippen LogP contribution in [-0.4, -0.2) is 11.2 Å². The summed E-state index contributed by atoms with van der Waals surface area (Å²) in [7, 11) is 0. The third-order valence-corrected chi connectivity index (χ3v) is 3.97. The molecule has 0 spiro atoms. The molecule has 1 heterocycles. The lowest BCUT2D eigenvalue weighted by atomic mass is 10.1. The number of rotatable bonds is 5. The van der Waals surface area contributed by atoms with Gasteiger partial charge in [-0.2, -0.15) is 0 Å². The largest absolute Gasteiger partial charge is 0.469 e. The topological polar surface area (TPSA) is 37.2 Å². The van der Waals surface area contributed by atoms with E-state index in [9.17, 15) is 0 Å². The Hall–Kier alpha value is -1.52. The van der Waals surface area contributed by atoms with Gasteiger partial charge in [-0.25, -0.2) is 0 Å². The molecule has 0 aliphatic heterocycles. The predicted molar refractivity (Wildman–Crippen MR) is 96.8 cm³/mol. The lowest BCUT2D eigenvalue weighted by molar-refractivity contribution is 0.483. The molecule has 5 heteroatoms. The van der Waals surface area contributed by atoms with Gasteiger partial charge >= 0.3 is 0 Å². The fraction of sp³-hybridized carbons (Fsp3) is 0.353. The maximum absolute atomic E-state index is 6.28. The first-order valence-electron chi connectivity index (χ1n) is 7.32. The number of furan rings is 1. The summed E-state index contributed by atoms with van der Waals surface area (Å²) in [5.41, 5.74) is 3.08. The van der Waals surface area contributed by atoms with Crippen LogP contribution in [0, 0.1) is 13.8 Å². The molecular formula is C17H21ClN2OS. The highest BCUT2D eigenvalue weighted by Crippen LogP contribution is 2.27. The quantitative estimate of drug-likeness (QED) is 0.765. The van der Waals surface area contributed by atoms with Crippen LogP contribution < -0.4 is 10.6 Å². The van der Waals surface area contributed by atoms with Gasteiger partial charge in [-0.15, -0.1) is 0 Å². The van der Waals surface area contributed by atoms with Gasteiger partial charge in [0.15, 0.2) is 5.11 Å². The van der Waals surface area contributed by atoms with Crippen LogP contribution in [0.15, 0.2) is 34.9 Å². The van der Waals surface area contributed by atoms with E-state index in [0.717, 1.165) is 35.4 Å². The smallest absolute Gasteiger partial charge is 0.171 e. The SMILES string of the molecule is Cc1cc(C)c(NC(=S)N[C@H](C)CCc2ccco2)c(Cl)c1. The second-order valence-corrected chi connectivity index (χ2v) is 6.37. The minimum atomic E-state index is 0.245. The van der Waals surface area contributed by atoms with Crippen molar-refractivity contribution >= 4 is 34.6 Å². The Morgan fingerprint density at radius 1 is 1.36 bits per heavy atom. The normalized spacial score (nSPS) is 12.0. The molecule has 0 unspecified atom stereocenters. The zero-order chi connectivity index (χ0) is 16.1. The molecule has 2 rings (SSSR count). The van der Waals surface area contributed by atoms with Crippen LogP contribution in [-0.2, 0) is 6.42 Å². The summed E-state index contributed by atoms with van der Waals surface area (Å²) in [5.74, 6) is 0.991. The monoisotopic (exact) mass is 336 g/mol. The minimum absolute atomic E-state index is 0.245. The Morgan fingerprint density at radius 2 is 2.14 bits per heavy atom. The molecule has 2 N–H and O–H groups in total. The van der Waals surface area contributed by atoms with E-state index >= 15 is 0 Å². The summed E-state index contributed by atoms with van der Waals surface area (Å²) in [4.78, 5) is 0. The number of hydrogen-bond donors (Lipinski definition) is 2. The molecule has 0 aliphatic rings. The van der Waals surface area contributed by atoms with Crippen LogP contribution in [0.3, 0.4) is 0 Å². The van der Waals surface area contributed by atoms with Gasteiger partial charge in [0.1, 0.15) is 5.76 Å². The van der Waals surface area contributed by atoms with Gasteiger partial charge in [-0.05, 0) is 68.7 Å². The van der Waals surface area contributed by atoms with Crippen LogP contribution in [0.2, 0.25) is 5.02 Å². The van der Waals surface area contributed by atoms with Crippen LogP contribution >= 0.6 is 23.8 Å². The first kappa shape index (κ1) is 16.8. The van der Waals surface area contributed by atoms with Crippen LogP contribution in [0.1, 0.15) is 30.2 Å². The third-order valence-electron chi connectivity index (χ3n) is 3.45. The second-order valence-electron chi connectivity index (χ2n) is 5.56. The van der Waals surface area contributed by atoms with E-state index < -0.39 is 0 Å². The Morgan fingerprint density at radius 3 is 2.77 bits per heavy atom. The molecule has 3 nitrogen and oxygen atoms in total. The first-order valence-corrected chi connectivity index (χ1v) is 8.11. The van der Waals surface area contributed by atoms with E-state index in [-0.39, 0.29) is 6.04 Å². The van der Waals surface area contributed by atoms with Gasteiger partial charge < -0.3 is 15.1 Å². The number of anilines is 1. The van der Waals surface area contributed by atoms with Gasteiger partial charge in [-0.3, -0.25) is 0 Å². The zero-order valence-electron chi connectivity index (χ0n) is 13.1. The maximum atomic E-state index is 6.28. The molecule has 118 valence electrons. The van der Waals surface area contributed by atoms with Crippen molar-refractivity contribution in [2.45, 2.75) is 39.7 Å². The van der Waals surface area contributed by atoms with E-state index in [1.807, 2.05) is 32.0 Å². The second kappa shape index (κ2) is 7.65. The molecule has 0 aliphatic carbocycles. The Kier molecular flexibility index (Phi) is 5.86. The number of benzene rings is 1. The van der Waals surface area contributed by atoms with Crippen molar-refractivity contribution in [2.24, 2.45) is 0 Å². The van der Waals surface area contributed by atoms with Crippen molar-refractivity contribution < 1.29 is 4.42 Å². The summed E-state index contributed by atoms with van der Waals surface area (Å²) in [5, 5.41) is 7.74. The lowest BCUT2D eigenvalue weighted by Crippen LogP contribution is -2.36. The average molecular weight is 337 g/mol. The van der Waals surface area contributed by atoms with E-state index in [1.165, 1.54) is 0 Å². The van der Waals surface area contributed by atoms with Crippen LogP contribution in [0.5, 0.6) is 0 Å². The average Bonchev–Trinajstić information content (AvgIpc) is 2.94. The van der Waals surface area contributed by atoms with E-state index in [0.29, 0.717) is 10.1 Å². The molecule has 1 aromatic heterocycles. The van der Waals surface area contributed by atoms with E-state index in [1.54, 1.807) is 6.26 Å². The highest BCUT2D eigenvalue weighted by atomic mass is 35.5. The summed E-state index contributed by atoms with van der Waals surface area (Å²) >= 11 is 11.7. The summed E-state index contributed by atoms with van der Waals surface area (Å²) in [6, 6.07) is 8.15. The van der Waals surface area contributed by atoms with Crippen molar-refractivity contribution in [1.82, 2.24) is 5.32 Å². The summed E-state index contributed by atoms with van der Waals surface area (Å²) in [6.45, 7) is 6.14. The molecule has 0 saturated carbocycles. The Bertz CT molecular complexity index is 617. The highest BCUT2D eigenvalue weighted by molar-refractivity contribution is 7.80. The van der Waals surface area contributed by atoms with Crippen molar-refractivity contribution in [3.05, 3.63) is 52.4 Å². The minimum Gasteiger partial charge on any atom is -0.469 e. The van der Waals surface area contributed by atoms with Crippen molar-refractivity contribution in [3.63, 3.8) is 0 Å². The predicted octanol–water partition coefficient (Wildman–Crippen LogP) is 4.86.